The molecule has 2 aromatic rings. The van der Waals surface area contributed by atoms with Crippen molar-refractivity contribution in [2.45, 2.75) is 12.8 Å². The molecule has 0 aliphatic rings. The number of hydrogen-bond acceptors (Lipinski definition) is 3. The molecule has 0 aliphatic heterocycles. The van der Waals surface area contributed by atoms with Gasteiger partial charge >= 0.3 is 0 Å². The third-order valence-corrected chi connectivity index (χ3v) is 2.87. The van der Waals surface area contributed by atoms with Gasteiger partial charge in [0.15, 0.2) is 0 Å². The van der Waals surface area contributed by atoms with Gasteiger partial charge < -0.3 is 15.0 Å². The molecule has 1 heterocycles. The van der Waals surface area contributed by atoms with Gasteiger partial charge in [0.1, 0.15) is 11.6 Å². The molecule has 1 amide bonds. The topological polar surface area (TPSA) is 67.2 Å². The van der Waals surface area contributed by atoms with E-state index in [2.05, 4.69) is 10.3 Å². The Morgan fingerprint density at radius 2 is 2.32 bits per heavy atom. The molecule has 5 heteroatoms. The minimum absolute atomic E-state index is 0.0557. The number of nitrogens with one attached hydrogen (secondary N) is 1. The normalized spacial score (nSPS) is 10.4. The van der Waals surface area contributed by atoms with E-state index in [0.29, 0.717) is 13.0 Å². The van der Waals surface area contributed by atoms with E-state index in [-0.39, 0.29) is 18.1 Å². The summed E-state index contributed by atoms with van der Waals surface area (Å²) in [5.74, 6) is 1.07. The van der Waals surface area contributed by atoms with Crippen molar-refractivity contribution in [1.29, 1.82) is 0 Å². The highest BCUT2D eigenvalue weighted by atomic mass is 16.3. The molecule has 0 bridgehead atoms. The lowest BCUT2D eigenvalue weighted by Crippen LogP contribution is -2.27. The van der Waals surface area contributed by atoms with Crippen molar-refractivity contribution >= 4 is 5.91 Å². The molecular weight excluding hydrogens is 242 g/mol. The molecule has 100 valence electrons. The average molecular weight is 259 g/mol. The van der Waals surface area contributed by atoms with Crippen LogP contribution in [0.3, 0.4) is 0 Å². The minimum Gasteiger partial charge on any atom is -0.508 e. The van der Waals surface area contributed by atoms with Crippen LogP contribution >= 0.6 is 0 Å². The maximum atomic E-state index is 11.7. The number of aromatic hydroxyl groups is 1. The minimum atomic E-state index is -0.0557. The lowest BCUT2D eigenvalue weighted by molar-refractivity contribution is -0.120. The van der Waals surface area contributed by atoms with Crippen molar-refractivity contribution in [2.24, 2.45) is 7.05 Å². The van der Waals surface area contributed by atoms with Crippen molar-refractivity contribution in [3.05, 3.63) is 48.0 Å². The quantitative estimate of drug-likeness (QED) is 0.842. The number of carbonyl (C=O) groups excluding carboxylic acids is 1. The predicted octanol–water partition coefficient (Wildman–Crippen LogP) is 1.03. The van der Waals surface area contributed by atoms with Gasteiger partial charge in [-0.2, -0.15) is 0 Å². The first kappa shape index (κ1) is 13.1. The van der Waals surface area contributed by atoms with Crippen molar-refractivity contribution in [2.75, 3.05) is 6.54 Å². The van der Waals surface area contributed by atoms with E-state index in [0.717, 1.165) is 11.4 Å². The standard InChI is InChI=1S/C14H17N3O2/c1-17-8-7-15-13(17)5-6-16-14(19)10-11-3-2-4-12(18)9-11/h2-4,7-9,18H,5-6,10H2,1H3,(H,16,19). The molecule has 0 radical (unpaired) electrons. The molecule has 2 N–H and O–H groups in total. The third-order valence-electron chi connectivity index (χ3n) is 2.87. The van der Waals surface area contributed by atoms with Crippen molar-refractivity contribution in [1.82, 2.24) is 14.9 Å². The fourth-order valence-corrected chi connectivity index (χ4v) is 1.87. The zero-order valence-corrected chi connectivity index (χ0v) is 10.8. The fraction of sp³-hybridized carbons (Fsp3) is 0.286. The zero-order valence-electron chi connectivity index (χ0n) is 10.8. The predicted molar refractivity (Wildman–Crippen MR) is 71.7 cm³/mol. The van der Waals surface area contributed by atoms with Crippen LogP contribution < -0.4 is 5.32 Å². The molecule has 19 heavy (non-hydrogen) atoms. The first-order valence-electron chi connectivity index (χ1n) is 6.16. The van der Waals surface area contributed by atoms with Crippen LogP contribution in [0.15, 0.2) is 36.7 Å². The summed E-state index contributed by atoms with van der Waals surface area (Å²) in [6, 6.07) is 6.73. The average Bonchev–Trinajstić information content (AvgIpc) is 2.75. The van der Waals surface area contributed by atoms with Crippen LogP contribution in [0.5, 0.6) is 5.75 Å². The summed E-state index contributed by atoms with van der Waals surface area (Å²) < 4.78 is 1.93. The number of nitrogens with zero attached hydrogens (tertiary/aromatic N) is 2. The molecule has 0 atom stereocenters. The third kappa shape index (κ3) is 3.84. The second kappa shape index (κ2) is 6.04. The molecule has 0 aliphatic carbocycles. The molecule has 0 saturated carbocycles. The summed E-state index contributed by atoms with van der Waals surface area (Å²) in [4.78, 5) is 15.9. The monoisotopic (exact) mass is 259 g/mol. The van der Waals surface area contributed by atoms with Crippen molar-refractivity contribution in [3.63, 3.8) is 0 Å². The van der Waals surface area contributed by atoms with Crippen LogP contribution in [0.1, 0.15) is 11.4 Å². The maximum Gasteiger partial charge on any atom is 0.224 e. The van der Waals surface area contributed by atoms with Crippen molar-refractivity contribution in [3.8, 4) is 5.75 Å². The fourth-order valence-electron chi connectivity index (χ4n) is 1.87. The number of imidazole rings is 1. The Balaban J connectivity index is 1.77. The summed E-state index contributed by atoms with van der Waals surface area (Å²) in [5.41, 5.74) is 0.800. The highest BCUT2D eigenvalue weighted by molar-refractivity contribution is 5.78. The van der Waals surface area contributed by atoms with E-state index in [4.69, 9.17) is 0 Å². The Kier molecular flexibility index (Phi) is 4.18. The number of amides is 1. The molecule has 0 fully saturated rings. The molecule has 1 aromatic heterocycles. The van der Waals surface area contributed by atoms with Crippen LogP contribution in [0.4, 0.5) is 0 Å². The molecule has 5 nitrogen and oxygen atoms in total. The van der Waals surface area contributed by atoms with E-state index in [1.165, 1.54) is 0 Å². The maximum absolute atomic E-state index is 11.7. The van der Waals surface area contributed by atoms with E-state index in [1.807, 2.05) is 23.9 Å². The van der Waals surface area contributed by atoms with Gasteiger partial charge in [-0.05, 0) is 17.7 Å². The van der Waals surface area contributed by atoms with Gasteiger partial charge in [-0.3, -0.25) is 4.79 Å². The smallest absolute Gasteiger partial charge is 0.224 e. The van der Waals surface area contributed by atoms with Crippen LogP contribution in [-0.4, -0.2) is 27.1 Å². The summed E-state index contributed by atoms with van der Waals surface area (Å²) in [7, 11) is 1.93. The number of carbonyl (C=O) groups is 1. The zero-order chi connectivity index (χ0) is 13.7. The Morgan fingerprint density at radius 3 is 3.00 bits per heavy atom. The summed E-state index contributed by atoms with van der Waals surface area (Å²) >= 11 is 0. The highest BCUT2D eigenvalue weighted by Gasteiger charge is 2.05. The molecule has 0 spiro atoms. The summed E-state index contributed by atoms with van der Waals surface area (Å²) in [5, 5.41) is 12.2. The molecule has 0 saturated heterocycles. The number of benzene rings is 1. The number of phenolic OH excluding ortho intramolecular Hbond substituents is 1. The van der Waals surface area contributed by atoms with Gasteiger partial charge in [-0.15, -0.1) is 0 Å². The number of rotatable bonds is 5. The van der Waals surface area contributed by atoms with Crippen molar-refractivity contribution < 1.29 is 9.90 Å². The van der Waals surface area contributed by atoms with Crippen LogP contribution in [0, 0.1) is 0 Å². The van der Waals surface area contributed by atoms with E-state index >= 15 is 0 Å². The Labute approximate surface area is 111 Å². The first-order chi connectivity index (χ1) is 9.15. The van der Waals surface area contributed by atoms with Gasteiger partial charge in [0.25, 0.3) is 0 Å². The van der Waals surface area contributed by atoms with Gasteiger partial charge in [-0.1, -0.05) is 12.1 Å². The van der Waals surface area contributed by atoms with Gasteiger partial charge in [0.05, 0.1) is 6.42 Å². The highest BCUT2D eigenvalue weighted by Crippen LogP contribution is 2.11. The number of hydrogen-bond donors (Lipinski definition) is 2. The SMILES string of the molecule is Cn1ccnc1CCNC(=O)Cc1cccc(O)c1. The van der Waals surface area contributed by atoms with Gasteiger partial charge in [0.2, 0.25) is 5.91 Å². The molecule has 1 aromatic carbocycles. The second-order valence-corrected chi connectivity index (χ2v) is 4.40. The Bertz CT molecular complexity index is 563. The van der Waals surface area contributed by atoms with Crippen LogP contribution in [-0.2, 0) is 24.7 Å². The van der Waals surface area contributed by atoms with Gasteiger partial charge in [0, 0.05) is 32.4 Å². The van der Waals surface area contributed by atoms with E-state index in [1.54, 1.807) is 24.4 Å². The largest absolute Gasteiger partial charge is 0.508 e. The lowest BCUT2D eigenvalue weighted by Gasteiger charge is -2.06. The van der Waals surface area contributed by atoms with E-state index < -0.39 is 0 Å². The lowest BCUT2D eigenvalue weighted by atomic mass is 10.1. The van der Waals surface area contributed by atoms with E-state index in [9.17, 15) is 9.90 Å². The molecule has 2 rings (SSSR count). The first-order valence-corrected chi connectivity index (χ1v) is 6.16. The summed E-state index contributed by atoms with van der Waals surface area (Å²) in [6.45, 7) is 0.558. The number of phenols is 1. The van der Waals surface area contributed by atoms with Crippen LogP contribution in [0.2, 0.25) is 0 Å². The second-order valence-electron chi connectivity index (χ2n) is 4.40. The number of aromatic nitrogens is 2. The molecular formula is C14H17N3O2. The Morgan fingerprint density at radius 1 is 1.47 bits per heavy atom. The summed E-state index contributed by atoms with van der Waals surface area (Å²) in [6.07, 6.45) is 4.60. The van der Waals surface area contributed by atoms with Gasteiger partial charge in [-0.25, -0.2) is 4.98 Å². The Hall–Kier alpha value is -2.30. The number of aryl methyl sites for hydroxylation is 1. The van der Waals surface area contributed by atoms with Crippen LogP contribution in [0.25, 0.3) is 0 Å². The molecule has 0 unspecified atom stereocenters.